The Morgan fingerprint density at radius 3 is 2.57 bits per heavy atom. The number of amides is 1. The van der Waals surface area contributed by atoms with Crippen LogP contribution in [0, 0.1) is 24.0 Å². The highest BCUT2D eigenvalue weighted by atomic mass is 16.6. The predicted molar refractivity (Wildman–Crippen MR) is 90.9 cm³/mol. The first-order valence-electron chi connectivity index (χ1n) is 7.20. The lowest BCUT2D eigenvalue weighted by molar-refractivity contribution is -0.383. The van der Waals surface area contributed by atoms with Crippen LogP contribution in [0.4, 0.5) is 17.1 Å². The average Bonchev–Trinajstić information content (AvgIpc) is 2.47. The molecule has 0 saturated heterocycles. The summed E-state index contributed by atoms with van der Waals surface area (Å²) in [4.78, 5) is 24.4. The topological polar surface area (TPSA) is 75.5 Å². The minimum absolute atomic E-state index is 0.107. The number of carbonyl (C=O) groups excluding carboxylic acids is 1. The normalized spacial score (nSPS) is 10.2. The number of hydrogen-bond acceptors (Lipinski definition) is 4. The number of nitrogens with zero attached hydrogens (tertiary/aromatic N) is 2. The van der Waals surface area contributed by atoms with Crippen LogP contribution in [-0.4, -0.2) is 24.4 Å². The fraction of sp³-hybridized carbons (Fsp3) is 0.235. The summed E-state index contributed by atoms with van der Waals surface area (Å²) in [6.07, 6.45) is 0. The molecule has 6 heteroatoms. The highest BCUT2D eigenvalue weighted by Gasteiger charge is 2.16. The van der Waals surface area contributed by atoms with Gasteiger partial charge in [-0.25, -0.2) is 0 Å². The van der Waals surface area contributed by atoms with E-state index in [2.05, 4.69) is 5.32 Å². The Balaban J connectivity index is 2.09. The maximum atomic E-state index is 12.2. The van der Waals surface area contributed by atoms with Gasteiger partial charge in [0.15, 0.2) is 0 Å². The highest BCUT2D eigenvalue weighted by molar-refractivity contribution is 5.96. The van der Waals surface area contributed by atoms with Gasteiger partial charge in [-0.3, -0.25) is 14.9 Å². The van der Waals surface area contributed by atoms with Crippen LogP contribution < -0.4 is 10.2 Å². The summed E-state index contributed by atoms with van der Waals surface area (Å²) in [5.41, 5.74) is 3.27. The van der Waals surface area contributed by atoms with E-state index >= 15 is 0 Å². The zero-order valence-corrected chi connectivity index (χ0v) is 13.4. The molecule has 6 nitrogen and oxygen atoms in total. The van der Waals surface area contributed by atoms with Crippen LogP contribution in [0.15, 0.2) is 42.5 Å². The molecular weight excluding hydrogens is 294 g/mol. The molecule has 0 heterocycles. The van der Waals surface area contributed by atoms with Crippen molar-refractivity contribution in [3.63, 3.8) is 0 Å². The summed E-state index contributed by atoms with van der Waals surface area (Å²) < 4.78 is 0. The van der Waals surface area contributed by atoms with E-state index in [1.807, 2.05) is 44.0 Å². The van der Waals surface area contributed by atoms with Gasteiger partial charge in [0.05, 0.1) is 11.5 Å². The van der Waals surface area contributed by atoms with E-state index in [0.717, 1.165) is 16.8 Å². The third-order valence-electron chi connectivity index (χ3n) is 3.52. The van der Waals surface area contributed by atoms with Crippen molar-refractivity contribution in [1.82, 2.24) is 0 Å². The minimum atomic E-state index is -0.510. The van der Waals surface area contributed by atoms with Crippen LogP contribution in [0.25, 0.3) is 0 Å². The summed E-state index contributed by atoms with van der Waals surface area (Å²) in [6, 6.07) is 12.1. The van der Waals surface area contributed by atoms with E-state index < -0.39 is 4.92 Å². The smallest absolute Gasteiger partial charge is 0.292 e. The number of nitrogens with one attached hydrogen (secondary N) is 1. The Morgan fingerprint density at radius 1 is 1.22 bits per heavy atom. The van der Waals surface area contributed by atoms with E-state index in [0.29, 0.717) is 0 Å². The highest BCUT2D eigenvalue weighted by Crippen LogP contribution is 2.24. The number of nitro groups is 1. The van der Waals surface area contributed by atoms with E-state index in [1.165, 1.54) is 12.1 Å². The van der Waals surface area contributed by atoms with Gasteiger partial charge in [0.25, 0.3) is 5.69 Å². The molecular formula is C17H19N3O3. The van der Waals surface area contributed by atoms with Crippen molar-refractivity contribution in [1.29, 1.82) is 0 Å². The number of likely N-dealkylation sites (N-methyl/N-ethyl adjacent to an activating group) is 1. The number of carbonyl (C=O) groups is 1. The number of para-hydroxylation sites is 2. The van der Waals surface area contributed by atoms with Gasteiger partial charge in [-0.05, 0) is 31.5 Å². The molecule has 0 unspecified atom stereocenters. The second-order valence-corrected chi connectivity index (χ2v) is 5.47. The van der Waals surface area contributed by atoms with Crippen molar-refractivity contribution >= 4 is 23.0 Å². The van der Waals surface area contributed by atoms with Crippen molar-refractivity contribution in [2.24, 2.45) is 0 Å². The average molecular weight is 313 g/mol. The molecule has 0 aliphatic heterocycles. The number of hydrogen-bond donors (Lipinski definition) is 1. The molecule has 0 atom stereocenters. The maximum Gasteiger partial charge on any atom is 0.292 e. The minimum Gasteiger partial charge on any atom is -0.365 e. The summed E-state index contributed by atoms with van der Waals surface area (Å²) in [7, 11) is 1.82. The predicted octanol–water partition coefficient (Wildman–Crippen LogP) is 3.29. The Morgan fingerprint density at radius 2 is 1.91 bits per heavy atom. The van der Waals surface area contributed by atoms with Crippen LogP contribution in [0.3, 0.4) is 0 Å². The number of anilines is 2. The molecule has 23 heavy (non-hydrogen) atoms. The summed E-state index contributed by atoms with van der Waals surface area (Å²) in [5, 5.41) is 13.6. The lowest BCUT2D eigenvalue weighted by Crippen LogP contribution is -2.30. The molecule has 0 aliphatic carbocycles. The number of benzene rings is 2. The van der Waals surface area contributed by atoms with Crippen molar-refractivity contribution in [2.75, 3.05) is 23.8 Å². The van der Waals surface area contributed by atoms with Crippen LogP contribution in [0.5, 0.6) is 0 Å². The first kappa shape index (κ1) is 16.5. The zero-order chi connectivity index (χ0) is 17.0. The molecule has 0 aliphatic rings. The second-order valence-electron chi connectivity index (χ2n) is 5.47. The fourth-order valence-electron chi connectivity index (χ4n) is 2.46. The van der Waals surface area contributed by atoms with E-state index in [4.69, 9.17) is 0 Å². The lowest BCUT2D eigenvalue weighted by atomic mass is 10.1. The lowest BCUT2D eigenvalue weighted by Gasteiger charge is -2.21. The number of nitro benzene ring substituents is 1. The molecule has 1 N–H and O–H groups in total. The second kappa shape index (κ2) is 6.91. The van der Waals surface area contributed by atoms with E-state index in [9.17, 15) is 14.9 Å². The number of aryl methyl sites for hydroxylation is 2. The molecule has 0 spiro atoms. The van der Waals surface area contributed by atoms with Crippen LogP contribution in [-0.2, 0) is 4.79 Å². The van der Waals surface area contributed by atoms with E-state index in [1.54, 1.807) is 12.1 Å². The SMILES string of the molecule is Cc1ccc(N(C)CC(=O)Nc2ccccc2[N+](=O)[O-])c(C)c1. The Labute approximate surface area is 134 Å². The molecule has 2 aromatic carbocycles. The summed E-state index contributed by atoms with van der Waals surface area (Å²) >= 11 is 0. The Bertz CT molecular complexity index is 744. The zero-order valence-electron chi connectivity index (χ0n) is 13.4. The van der Waals surface area contributed by atoms with Gasteiger partial charge in [0, 0.05) is 18.8 Å². The fourth-order valence-corrected chi connectivity index (χ4v) is 2.46. The van der Waals surface area contributed by atoms with Crippen molar-refractivity contribution in [3.8, 4) is 0 Å². The Hall–Kier alpha value is -2.89. The van der Waals surface area contributed by atoms with Gasteiger partial charge < -0.3 is 10.2 Å². The van der Waals surface area contributed by atoms with Crippen molar-refractivity contribution in [3.05, 3.63) is 63.7 Å². The largest absolute Gasteiger partial charge is 0.365 e. The molecule has 0 radical (unpaired) electrons. The molecule has 2 aromatic rings. The van der Waals surface area contributed by atoms with Crippen molar-refractivity contribution in [2.45, 2.75) is 13.8 Å². The summed E-state index contributed by atoms with van der Waals surface area (Å²) in [6.45, 7) is 4.10. The van der Waals surface area contributed by atoms with Gasteiger partial charge in [0.2, 0.25) is 5.91 Å². The Kier molecular flexibility index (Phi) is 4.95. The first-order chi connectivity index (χ1) is 10.9. The monoisotopic (exact) mass is 313 g/mol. The van der Waals surface area contributed by atoms with E-state index in [-0.39, 0.29) is 23.8 Å². The molecule has 1 amide bonds. The van der Waals surface area contributed by atoms with Gasteiger partial charge in [-0.2, -0.15) is 0 Å². The molecule has 2 rings (SSSR count). The van der Waals surface area contributed by atoms with Gasteiger partial charge in [-0.15, -0.1) is 0 Å². The number of rotatable bonds is 5. The molecule has 0 aromatic heterocycles. The summed E-state index contributed by atoms with van der Waals surface area (Å²) in [5.74, 6) is -0.304. The van der Waals surface area contributed by atoms with Crippen LogP contribution in [0.1, 0.15) is 11.1 Å². The maximum absolute atomic E-state index is 12.2. The van der Waals surface area contributed by atoms with Gasteiger partial charge >= 0.3 is 0 Å². The van der Waals surface area contributed by atoms with Crippen LogP contribution >= 0.6 is 0 Å². The quantitative estimate of drug-likeness (QED) is 0.679. The molecule has 0 fully saturated rings. The third-order valence-corrected chi connectivity index (χ3v) is 3.52. The molecule has 120 valence electrons. The first-order valence-corrected chi connectivity index (χ1v) is 7.20. The third kappa shape index (κ3) is 4.06. The van der Waals surface area contributed by atoms with Gasteiger partial charge in [0.1, 0.15) is 5.69 Å². The van der Waals surface area contributed by atoms with Crippen molar-refractivity contribution < 1.29 is 9.72 Å². The van der Waals surface area contributed by atoms with Gasteiger partial charge in [-0.1, -0.05) is 29.8 Å². The molecule has 0 saturated carbocycles. The molecule has 0 bridgehead atoms. The van der Waals surface area contributed by atoms with Crippen LogP contribution in [0.2, 0.25) is 0 Å². The standard InChI is InChI=1S/C17H19N3O3/c1-12-8-9-15(13(2)10-12)19(3)11-17(21)18-14-6-4-5-7-16(14)20(22)23/h4-10H,11H2,1-3H3,(H,18,21).